The number of anilines is 1. The van der Waals surface area contributed by atoms with Crippen molar-refractivity contribution in [3.63, 3.8) is 0 Å². The maximum absolute atomic E-state index is 10.6. The summed E-state index contributed by atoms with van der Waals surface area (Å²) in [5, 5.41) is 13.6. The molecule has 3 N–H and O–H groups in total. The van der Waals surface area contributed by atoms with Crippen molar-refractivity contribution in [1.29, 1.82) is 0 Å². The number of aryl methyl sites for hydroxylation is 2. The second-order valence-corrected chi connectivity index (χ2v) is 5.05. The number of aliphatic imine (C=N–C) groups is 1. The number of nitro benzene ring substituents is 1. The molecular weight excluding hydrogens is 280 g/mol. The van der Waals surface area contributed by atoms with Crippen LogP contribution in [0.25, 0.3) is 0 Å². The van der Waals surface area contributed by atoms with Crippen molar-refractivity contribution >= 4 is 17.3 Å². The molecule has 2 aromatic carbocycles. The predicted octanol–water partition coefficient (Wildman–Crippen LogP) is 3.14. The predicted molar refractivity (Wildman–Crippen MR) is 88.0 cm³/mol. The maximum Gasteiger partial charge on any atom is 0.269 e. The third kappa shape index (κ3) is 4.05. The van der Waals surface area contributed by atoms with Gasteiger partial charge in [-0.15, -0.1) is 0 Å². The van der Waals surface area contributed by atoms with E-state index in [1.165, 1.54) is 23.3 Å². The van der Waals surface area contributed by atoms with Gasteiger partial charge >= 0.3 is 0 Å². The average molecular weight is 298 g/mol. The van der Waals surface area contributed by atoms with E-state index in [-0.39, 0.29) is 5.69 Å². The summed E-state index contributed by atoms with van der Waals surface area (Å²) in [5.41, 5.74) is 10.0. The summed E-state index contributed by atoms with van der Waals surface area (Å²) in [6.45, 7) is 4.44. The Morgan fingerprint density at radius 1 is 1.18 bits per heavy atom. The quantitative estimate of drug-likeness (QED) is 0.392. The molecule has 0 aliphatic heterocycles. The molecule has 0 bridgehead atoms. The van der Waals surface area contributed by atoms with Crippen molar-refractivity contribution in [1.82, 2.24) is 0 Å². The van der Waals surface area contributed by atoms with Crippen LogP contribution in [0.2, 0.25) is 0 Å². The first-order valence-corrected chi connectivity index (χ1v) is 6.83. The molecule has 0 unspecified atom stereocenters. The second-order valence-electron chi connectivity index (χ2n) is 5.05. The van der Waals surface area contributed by atoms with Gasteiger partial charge in [-0.3, -0.25) is 10.1 Å². The largest absolute Gasteiger partial charge is 0.370 e. The lowest BCUT2D eigenvalue weighted by Gasteiger charge is -2.08. The van der Waals surface area contributed by atoms with Crippen LogP contribution in [0.5, 0.6) is 0 Å². The van der Waals surface area contributed by atoms with Gasteiger partial charge in [-0.05, 0) is 42.7 Å². The van der Waals surface area contributed by atoms with Crippen molar-refractivity contribution in [2.24, 2.45) is 10.7 Å². The molecule has 0 radical (unpaired) electrons. The molecule has 0 saturated heterocycles. The Labute approximate surface area is 128 Å². The number of benzene rings is 2. The zero-order valence-electron chi connectivity index (χ0n) is 12.5. The molecule has 6 heteroatoms. The number of non-ortho nitro benzene ring substituents is 1. The summed E-state index contributed by atoms with van der Waals surface area (Å²) >= 11 is 0. The second kappa shape index (κ2) is 6.71. The highest BCUT2D eigenvalue weighted by molar-refractivity contribution is 5.92. The monoisotopic (exact) mass is 298 g/mol. The van der Waals surface area contributed by atoms with Crippen LogP contribution in [-0.4, -0.2) is 10.9 Å². The molecule has 0 spiro atoms. The standard InChI is InChI=1S/C16H18N4O2/c1-11-3-6-14(9-12(11)2)19-16(17)18-10-13-4-7-15(8-5-13)20(21)22/h3-9H,10H2,1-2H3,(H3,17,18,19). The number of nitro groups is 1. The Morgan fingerprint density at radius 3 is 2.45 bits per heavy atom. The van der Waals surface area contributed by atoms with E-state index in [0.29, 0.717) is 12.5 Å². The van der Waals surface area contributed by atoms with Gasteiger partial charge in [-0.1, -0.05) is 18.2 Å². The first-order chi connectivity index (χ1) is 10.5. The summed E-state index contributed by atoms with van der Waals surface area (Å²) < 4.78 is 0. The number of nitrogens with one attached hydrogen (secondary N) is 1. The SMILES string of the molecule is Cc1ccc(NC(N)=NCc2ccc([N+](=O)[O-])cc2)cc1C. The minimum Gasteiger partial charge on any atom is -0.370 e. The molecular formula is C16H18N4O2. The minimum absolute atomic E-state index is 0.0638. The summed E-state index contributed by atoms with van der Waals surface area (Å²) in [5.74, 6) is 0.307. The van der Waals surface area contributed by atoms with E-state index in [2.05, 4.69) is 10.3 Å². The molecule has 2 rings (SSSR count). The third-order valence-corrected chi connectivity index (χ3v) is 3.36. The van der Waals surface area contributed by atoms with Crippen molar-refractivity contribution in [3.05, 3.63) is 69.3 Å². The molecule has 114 valence electrons. The zero-order chi connectivity index (χ0) is 16.1. The van der Waals surface area contributed by atoms with Gasteiger partial charge in [0.05, 0.1) is 11.5 Å². The lowest BCUT2D eigenvalue weighted by Crippen LogP contribution is -2.22. The smallest absolute Gasteiger partial charge is 0.269 e. The van der Waals surface area contributed by atoms with Crippen LogP contribution < -0.4 is 11.1 Å². The van der Waals surface area contributed by atoms with E-state index in [1.54, 1.807) is 12.1 Å². The minimum atomic E-state index is -0.428. The Kier molecular flexibility index (Phi) is 4.73. The molecule has 0 saturated carbocycles. The molecule has 6 nitrogen and oxygen atoms in total. The van der Waals surface area contributed by atoms with Gasteiger partial charge in [0.2, 0.25) is 0 Å². The van der Waals surface area contributed by atoms with Gasteiger partial charge in [-0.2, -0.15) is 0 Å². The lowest BCUT2D eigenvalue weighted by atomic mass is 10.1. The van der Waals surface area contributed by atoms with Crippen molar-refractivity contribution < 1.29 is 4.92 Å². The van der Waals surface area contributed by atoms with Crippen LogP contribution in [-0.2, 0) is 6.54 Å². The number of nitrogens with two attached hydrogens (primary N) is 1. The first-order valence-electron chi connectivity index (χ1n) is 6.83. The first kappa shape index (κ1) is 15.5. The molecule has 0 aromatic heterocycles. The molecule has 0 aliphatic carbocycles. The summed E-state index contributed by atoms with van der Waals surface area (Å²) in [6.07, 6.45) is 0. The Hall–Kier alpha value is -2.89. The van der Waals surface area contributed by atoms with Gasteiger partial charge in [0.25, 0.3) is 5.69 Å². The van der Waals surface area contributed by atoms with Crippen LogP contribution in [0.4, 0.5) is 11.4 Å². The summed E-state index contributed by atoms with van der Waals surface area (Å²) in [7, 11) is 0. The molecule has 0 fully saturated rings. The van der Waals surface area contributed by atoms with E-state index in [1.807, 2.05) is 32.0 Å². The van der Waals surface area contributed by atoms with Crippen molar-refractivity contribution in [2.75, 3.05) is 5.32 Å². The van der Waals surface area contributed by atoms with Crippen LogP contribution in [0, 0.1) is 24.0 Å². The molecule has 0 atom stereocenters. The number of nitrogens with zero attached hydrogens (tertiary/aromatic N) is 2. The Balaban J connectivity index is 2.00. The van der Waals surface area contributed by atoms with E-state index in [4.69, 9.17) is 5.73 Å². The van der Waals surface area contributed by atoms with Crippen molar-refractivity contribution in [2.45, 2.75) is 20.4 Å². The number of hydrogen-bond acceptors (Lipinski definition) is 3. The number of guanidine groups is 1. The van der Waals surface area contributed by atoms with Gasteiger partial charge in [0.1, 0.15) is 0 Å². The van der Waals surface area contributed by atoms with E-state index >= 15 is 0 Å². The molecule has 0 heterocycles. The third-order valence-electron chi connectivity index (χ3n) is 3.36. The molecule has 0 aliphatic rings. The van der Waals surface area contributed by atoms with E-state index in [9.17, 15) is 10.1 Å². The highest BCUT2D eigenvalue weighted by atomic mass is 16.6. The van der Waals surface area contributed by atoms with Crippen molar-refractivity contribution in [3.8, 4) is 0 Å². The average Bonchev–Trinajstić information content (AvgIpc) is 2.49. The molecule has 2 aromatic rings. The fraction of sp³-hybridized carbons (Fsp3) is 0.188. The van der Waals surface area contributed by atoms with Gasteiger partial charge in [0, 0.05) is 17.8 Å². The van der Waals surface area contributed by atoms with Crippen LogP contribution in [0.1, 0.15) is 16.7 Å². The highest BCUT2D eigenvalue weighted by Gasteiger charge is 2.03. The van der Waals surface area contributed by atoms with E-state index < -0.39 is 4.92 Å². The fourth-order valence-electron chi connectivity index (χ4n) is 1.91. The van der Waals surface area contributed by atoms with E-state index in [0.717, 1.165) is 11.3 Å². The maximum atomic E-state index is 10.6. The number of hydrogen-bond donors (Lipinski definition) is 2. The zero-order valence-corrected chi connectivity index (χ0v) is 12.5. The Bertz CT molecular complexity index is 709. The molecule has 22 heavy (non-hydrogen) atoms. The fourth-order valence-corrected chi connectivity index (χ4v) is 1.91. The van der Waals surface area contributed by atoms with Crippen LogP contribution in [0.3, 0.4) is 0 Å². The number of rotatable bonds is 4. The highest BCUT2D eigenvalue weighted by Crippen LogP contribution is 2.14. The topological polar surface area (TPSA) is 93.5 Å². The van der Waals surface area contributed by atoms with Crippen LogP contribution >= 0.6 is 0 Å². The summed E-state index contributed by atoms with van der Waals surface area (Å²) in [4.78, 5) is 14.4. The molecule has 0 amide bonds. The normalized spacial score (nSPS) is 11.3. The Morgan fingerprint density at radius 2 is 1.86 bits per heavy atom. The lowest BCUT2D eigenvalue weighted by molar-refractivity contribution is -0.384. The van der Waals surface area contributed by atoms with Gasteiger partial charge in [-0.25, -0.2) is 4.99 Å². The van der Waals surface area contributed by atoms with Crippen LogP contribution in [0.15, 0.2) is 47.5 Å². The van der Waals surface area contributed by atoms with Gasteiger partial charge in [0.15, 0.2) is 5.96 Å². The van der Waals surface area contributed by atoms with Gasteiger partial charge < -0.3 is 11.1 Å². The summed E-state index contributed by atoms with van der Waals surface area (Å²) in [6, 6.07) is 12.2.